The van der Waals surface area contributed by atoms with Crippen LogP contribution in [0.4, 0.5) is 0 Å². The summed E-state index contributed by atoms with van der Waals surface area (Å²) < 4.78 is 0. The number of halogens is 1. The second kappa shape index (κ2) is 4.67. The molecule has 0 bridgehead atoms. The maximum atomic E-state index is 10.8. The summed E-state index contributed by atoms with van der Waals surface area (Å²) in [4.78, 5) is 10.8. The van der Waals surface area contributed by atoms with Gasteiger partial charge in [-0.2, -0.15) is 0 Å². The van der Waals surface area contributed by atoms with Gasteiger partial charge in [-0.25, -0.2) is 0 Å². The number of carbonyl (C=O) groups is 1. The molecule has 72 valence electrons. The second-order valence-electron chi connectivity index (χ2n) is 3.12. The van der Waals surface area contributed by atoms with Gasteiger partial charge in [0.05, 0.1) is 0 Å². The highest BCUT2D eigenvalue weighted by molar-refractivity contribution is 5.85. The number of carboxylic acids is 1. The highest BCUT2D eigenvalue weighted by Gasteiger charge is 2.37. The molecule has 12 heavy (non-hydrogen) atoms. The van der Waals surface area contributed by atoms with E-state index >= 15 is 0 Å². The van der Waals surface area contributed by atoms with Gasteiger partial charge >= 0.3 is 5.97 Å². The predicted octanol–water partition coefficient (Wildman–Crippen LogP) is 1.42. The molecule has 1 heterocycles. The molecule has 0 radical (unpaired) electrons. The number of piperidine rings is 1. The number of aliphatic carboxylic acids is 1. The van der Waals surface area contributed by atoms with Crippen molar-refractivity contribution in [1.82, 2.24) is 5.32 Å². The Kier molecular flexibility index (Phi) is 4.57. The molecule has 1 aliphatic heterocycles. The molecule has 0 aromatic carbocycles. The van der Waals surface area contributed by atoms with E-state index in [-0.39, 0.29) is 12.4 Å². The molecule has 4 heteroatoms. The van der Waals surface area contributed by atoms with Crippen molar-refractivity contribution in [1.29, 1.82) is 0 Å². The standard InChI is InChI=1S/C8H15NO2.ClH/c1-2-8(7(10)11)5-3-4-6-9-8;/h9H,2-6H2,1H3,(H,10,11);1H. The van der Waals surface area contributed by atoms with E-state index in [4.69, 9.17) is 5.11 Å². The first kappa shape index (κ1) is 11.7. The van der Waals surface area contributed by atoms with Crippen LogP contribution >= 0.6 is 12.4 Å². The lowest BCUT2D eigenvalue weighted by Gasteiger charge is -2.33. The first-order valence-electron chi connectivity index (χ1n) is 4.20. The molecule has 1 atom stereocenters. The fourth-order valence-corrected chi connectivity index (χ4v) is 1.60. The van der Waals surface area contributed by atoms with Gasteiger partial charge in [0.15, 0.2) is 0 Å². The Balaban J connectivity index is 0.00000121. The Morgan fingerprint density at radius 2 is 2.25 bits per heavy atom. The molecule has 0 aromatic heterocycles. The number of rotatable bonds is 2. The minimum Gasteiger partial charge on any atom is -0.480 e. The first-order valence-corrected chi connectivity index (χ1v) is 4.20. The molecular weight excluding hydrogens is 178 g/mol. The maximum absolute atomic E-state index is 10.8. The van der Waals surface area contributed by atoms with E-state index in [0.717, 1.165) is 25.8 Å². The van der Waals surface area contributed by atoms with Gasteiger partial charge in [0.2, 0.25) is 0 Å². The number of nitrogens with one attached hydrogen (secondary N) is 1. The van der Waals surface area contributed by atoms with Crippen molar-refractivity contribution in [3.63, 3.8) is 0 Å². The fourth-order valence-electron chi connectivity index (χ4n) is 1.60. The van der Waals surface area contributed by atoms with Gasteiger partial charge in [0.25, 0.3) is 0 Å². The van der Waals surface area contributed by atoms with Crippen molar-refractivity contribution < 1.29 is 9.90 Å². The van der Waals surface area contributed by atoms with Crippen LogP contribution in [0.15, 0.2) is 0 Å². The summed E-state index contributed by atoms with van der Waals surface area (Å²) in [5.41, 5.74) is -0.613. The minimum absolute atomic E-state index is 0. The van der Waals surface area contributed by atoms with E-state index in [2.05, 4.69) is 5.32 Å². The van der Waals surface area contributed by atoms with E-state index in [9.17, 15) is 4.79 Å². The molecule has 0 aliphatic carbocycles. The lowest BCUT2D eigenvalue weighted by Crippen LogP contribution is -2.54. The molecule has 0 aromatic rings. The molecule has 0 spiro atoms. The molecule has 1 aliphatic rings. The van der Waals surface area contributed by atoms with Gasteiger partial charge in [-0.15, -0.1) is 12.4 Å². The summed E-state index contributed by atoms with van der Waals surface area (Å²) in [7, 11) is 0. The number of carboxylic acid groups (broad SMARTS) is 1. The summed E-state index contributed by atoms with van der Waals surface area (Å²) in [6.45, 7) is 2.77. The zero-order valence-corrected chi connectivity index (χ0v) is 8.12. The number of hydrogen-bond donors (Lipinski definition) is 2. The van der Waals surface area contributed by atoms with Crippen LogP contribution in [0.2, 0.25) is 0 Å². The zero-order chi connectivity index (χ0) is 8.32. The Morgan fingerprint density at radius 3 is 2.50 bits per heavy atom. The van der Waals surface area contributed by atoms with Crippen LogP contribution in [0.25, 0.3) is 0 Å². The van der Waals surface area contributed by atoms with E-state index in [1.807, 2.05) is 6.92 Å². The van der Waals surface area contributed by atoms with Crippen LogP contribution in [0.1, 0.15) is 32.6 Å². The summed E-state index contributed by atoms with van der Waals surface area (Å²) in [5.74, 6) is -0.695. The van der Waals surface area contributed by atoms with Crippen molar-refractivity contribution in [2.24, 2.45) is 0 Å². The molecular formula is C8H16ClNO2. The summed E-state index contributed by atoms with van der Waals surface area (Å²) in [6, 6.07) is 0. The fraction of sp³-hybridized carbons (Fsp3) is 0.875. The molecule has 1 rings (SSSR count). The topological polar surface area (TPSA) is 49.3 Å². The smallest absolute Gasteiger partial charge is 0.323 e. The molecule has 1 saturated heterocycles. The Bertz CT molecular complexity index is 155. The van der Waals surface area contributed by atoms with Crippen LogP contribution in [0, 0.1) is 0 Å². The van der Waals surface area contributed by atoms with Crippen molar-refractivity contribution >= 4 is 18.4 Å². The van der Waals surface area contributed by atoms with Gasteiger partial charge in [0.1, 0.15) is 5.54 Å². The molecule has 3 nitrogen and oxygen atoms in total. The van der Waals surface area contributed by atoms with Gasteiger partial charge < -0.3 is 10.4 Å². The molecule has 2 N–H and O–H groups in total. The third kappa shape index (κ3) is 2.11. The van der Waals surface area contributed by atoms with E-state index in [0.29, 0.717) is 6.42 Å². The average molecular weight is 194 g/mol. The SMILES string of the molecule is CCC1(C(=O)O)CCCCN1.Cl. The molecule has 0 amide bonds. The van der Waals surface area contributed by atoms with Crippen LogP contribution in [-0.2, 0) is 4.79 Å². The van der Waals surface area contributed by atoms with E-state index < -0.39 is 11.5 Å². The van der Waals surface area contributed by atoms with Crippen LogP contribution < -0.4 is 5.32 Å². The Labute approximate surface area is 78.9 Å². The zero-order valence-electron chi connectivity index (χ0n) is 7.30. The largest absolute Gasteiger partial charge is 0.480 e. The third-order valence-corrected chi connectivity index (χ3v) is 2.51. The molecule has 1 fully saturated rings. The molecule has 1 unspecified atom stereocenters. The first-order chi connectivity index (χ1) is 5.21. The number of hydrogen-bond acceptors (Lipinski definition) is 2. The van der Waals surface area contributed by atoms with Crippen LogP contribution in [-0.4, -0.2) is 23.2 Å². The monoisotopic (exact) mass is 193 g/mol. The average Bonchev–Trinajstić information content (AvgIpc) is 2.05. The van der Waals surface area contributed by atoms with E-state index in [1.54, 1.807) is 0 Å². The maximum Gasteiger partial charge on any atom is 0.323 e. The Hall–Kier alpha value is -0.280. The van der Waals surface area contributed by atoms with Crippen LogP contribution in [0.3, 0.4) is 0 Å². The van der Waals surface area contributed by atoms with Crippen LogP contribution in [0.5, 0.6) is 0 Å². The highest BCUT2D eigenvalue weighted by Crippen LogP contribution is 2.22. The third-order valence-electron chi connectivity index (χ3n) is 2.51. The van der Waals surface area contributed by atoms with Gasteiger partial charge in [-0.3, -0.25) is 4.79 Å². The Morgan fingerprint density at radius 1 is 1.58 bits per heavy atom. The quantitative estimate of drug-likeness (QED) is 0.698. The van der Waals surface area contributed by atoms with Gasteiger partial charge in [-0.05, 0) is 32.2 Å². The minimum atomic E-state index is -0.695. The van der Waals surface area contributed by atoms with E-state index in [1.165, 1.54) is 0 Å². The van der Waals surface area contributed by atoms with Gasteiger partial charge in [-0.1, -0.05) is 6.92 Å². The van der Waals surface area contributed by atoms with Crippen molar-refractivity contribution in [3.8, 4) is 0 Å². The predicted molar refractivity (Wildman–Crippen MR) is 49.8 cm³/mol. The normalized spacial score (nSPS) is 29.1. The lowest BCUT2D eigenvalue weighted by molar-refractivity contribution is -0.146. The summed E-state index contributed by atoms with van der Waals surface area (Å²) >= 11 is 0. The van der Waals surface area contributed by atoms with Crippen molar-refractivity contribution in [3.05, 3.63) is 0 Å². The highest BCUT2D eigenvalue weighted by atomic mass is 35.5. The van der Waals surface area contributed by atoms with Gasteiger partial charge in [0, 0.05) is 0 Å². The summed E-state index contributed by atoms with van der Waals surface area (Å²) in [6.07, 6.45) is 3.60. The lowest BCUT2D eigenvalue weighted by atomic mass is 9.87. The summed E-state index contributed by atoms with van der Waals surface area (Å²) in [5, 5.41) is 12.0. The molecule has 0 saturated carbocycles. The van der Waals surface area contributed by atoms with Crippen molar-refractivity contribution in [2.75, 3.05) is 6.54 Å². The van der Waals surface area contributed by atoms with Crippen molar-refractivity contribution in [2.45, 2.75) is 38.1 Å². The second-order valence-corrected chi connectivity index (χ2v) is 3.12.